The van der Waals surface area contributed by atoms with Gasteiger partial charge in [0.05, 0.1) is 11.3 Å². The predicted octanol–water partition coefficient (Wildman–Crippen LogP) is 1.63. The Morgan fingerprint density at radius 3 is 2.81 bits per heavy atom. The smallest absolute Gasteiger partial charge is 0.259 e. The van der Waals surface area contributed by atoms with E-state index in [0.717, 1.165) is 11.1 Å². The second kappa shape index (κ2) is 6.25. The zero-order valence-corrected chi connectivity index (χ0v) is 12.3. The number of amides is 1. The average molecular weight is 283 g/mol. The third-order valence-corrected chi connectivity index (χ3v) is 3.06. The molecule has 0 saturated carbocycles. The molecule has 0 fully saturated rings. The summed E-state index contributed by atoms with van der Waals surface area (Å²) < 4.78 is 1.61. The van der Waals surface area contributed by atoms with Crippen molar-refractivity contribution >= 4 is 11.6 Å². The average Bonchev–Trinajstić information content (AvgIpc) is 2.78. The molecule has 0 bridgehead atoms. The molecule has 2 aromatic rings. The number of benzene rings is 1. The number of anilines is 1. The molecule has 2 N–H and O–H groups in total. The Morgan fingerprint density at radius 1 is 1.43 bits per heavy atom. The van der Waals surface area contributed by atoms with Gasteiger partial charge in [-0.05, 0) is 31.5 Å². The van der Waals surface area contributed by atoms with E-state index in [2.05, 4.69) is 22.3 Å². The summed E-state index contributed by atoms with van der Waals surface area (Å²) in [6.07, 6.45) is 1.69. The first kappa shape index (κ1) is 14.8. The van der Waals surface area contributed by atoms with E-state index in [4.69, 9.17) is 5.11 Å². The number of nitrogens with zero attached hydrogens (tertiary/aromatic N) is 2. The lowest BCUT2D eigenvalue weighted by molar-refractivity contribution is 0.102. The third kappa shape index (κ3) is 3.50. The van der Waals surface area contributed by atoms with Crippen molar-refractivity contribution in [1.82, 2.24) is 9.78 Å². The molecule has 1 heterocycles. The molecule has 21 heavy (non-hydrogen) atoms. The normalized spacial score (nSPS) is 9.90. The molecule has 0 radical (unpaired) electrons. The number of aliphatic hydroxyl groups is 1. The standard InChI is InChI=1S/C16H17N3O2/c1-11-6-7-14(9-13(11)5-4-8-20)17-16(21)15-10-19(3)18-12(15)2/h6-7,9-10,20H,8H2,1-3H3,(H,17,21). The van der Waals surface area contributed by atoms with Crippen LogP contribution in [0.4, 0.5) is 5.69 Å². The van der Waals surface area contributed by atoms with Gasteiger partial charge in [0.1, 0.15) is 6.61 Å². The Labute approximate surface area is 123 Å². The van der Waals surface area contributed by atoms with Crippen LogP contribution < -0.4 is 5.32 Å². The van der Waals surface area contributed by atoms with Gasteiger partial charge in [-0.25, -0.2) is 0 Å². The Balaban J connectivity index is 2.23. The highest BCUT2D eigenvalue weighted by molar-refractivity contribution is 6.04. The van der Waals surface area contributed by atoms with Gasteiger partial charge in [0.15, 0.2) is 0 Å². The van der Waals surface area contributed by atoms with Gasteiger partial charge in [-0.15, -0.1) is 0 Å². The Bertz CT molecular complexity index is 736. The van der Waals surface area contributed by atoms with Crippen molar-refractivity contribution in [3.05, 3.63) is 46.8 Å². The predicted molar refractivity (Wildman–Crippen MR) is 81.0 cm³/mol. The lowest BCUT2D eigenvalue weighted by Crippen LogP contribution is -2.12. The molecule has 1 amide bonds. The molecule has 1 aromatic carbocycles. The van der Waals surface area contributed by atoms with E-state index in [1.54, 1.807) is 30.9 Å². The number of rotatable bonds is 2. The van der Waals surface area contributed by atoms with Crippen LogP contribution in [-0.4, -0.2) is 27.4 Å². The van der Waals surface area contributed by atoms with Crippen molar-refractivity contribution < 1.29 is 9.90 Å². The summed E-state index contributed by atoms with van der Waals surface area (Å²) in [5.41, 5.74) is 3.66. The minimum atomic E-state index is -0.203. The molecule has 5 nitrogen and oxygen atoms in total. The first-order valence-corrected chi connectivity index (χ1v) is 6.53. The van der Waals surface area contributed by atoms with E-state index in [0.29, 0.717) is 16.9 Å². The van der Waals surface area contributed by atoms with Crippen molar-refractivity contribution in [1.29, 1.82) is 0 Å². The van der Waals surface area contributed by atoms with E-state index in [1.807, 2.05) is 19.1 Å². The van der Waals surface area contributed by atoms with Crippen LogP contribution in [0.5, 0.6) is 0 Å². The van der Waals surface area contributed by atoms with Crippen LogP contribution >= 0.6 is 0 Å². The Morgan fingerprint density at radius 2 is 2.19 bits per heavy atom. The summed E-state index contributed by atoms with van der Waals surface area (Å²) in [5.74, 6) is 5.27. The van der Waals surface area contributed by atoms with Crippen LogP contribution in [0, 0.1) is 25.7 Å². The number of hydrogen-bond donors (Lipinski definition) is 2. The van der Waals surface area contributed by atoms with Gasteiger partial charge in [0.2, 0.25) is 0 Å². The maximum absolute atomic E-state index is 12.2. The van der Waals surface area contributed by atoms with Crippen molar-refractivity contribution in [2.75, 3.05) is 11.9 Å². The summed E-state index contributed by atoms with van der Waals surface area (Å²) in [6, 6.07) is 5.50. The number of nitrogens with one attached hydrogen (secondary N) is 1. The van der Waals surface area contributed by atoms with Crippen LogP contribution in [0.3, 0.4) is 0 Å². The molecule has 0 saturated heterocycles. The first-order valence-electron chi connectivity index (χ1n) is 6.53. The number of aromatic nitrogens is 2. The van der Waals surface area contributed by atoms with E-state index in [-0.39, 0.29) is 12.5 Å². The van der Waals surface area contributed by atoms with Crippen molar-refractivity contribution in [3.8, 4) is 11.8 Å². The SMILES string of the molecule is Cc1ccc(NC(=O)c2cn(C)nc2C)cc1C#CCO. The van der Waals surface area contributed by atoms with Crippen LogP contribution in [0.15, 0.2) is 24.4 Å². The van der Waals surface area contributed by atoms with Crippen LogP contribution in [0.1, 0.15) is 27.2 Å². The number of aliphatic hydroxyl groups excluding tert-OH is 1. The van der Waals surface area contributed by atoms with Gasteiger partial charge >= 0.3 is 0 Å². The summed E-state index contributed by atoms with van der Waals surface area (Å²) in [6.45, 7) is 3.53. The highest BCUT2D eigenvalue weighted by Gasteiger charge is 2.12. The van der Waals surface area contributed by atoms with Crippen LogP contribution in [-0.2, 0) is 7.05 Å². The second-order valence-corrected chi connectivity index (χ2v) is 4.75. The number of aryl methyl sites for hydroxylation is 3. The summed E-state index contributed by atoms with van der Waals surface area (Å²) >= 11 is 0. The molecule has 108 valence electrons. The third-order valence-electron chi connectivity index (χ3n) is 3.06. The van der Waals surface area contributed by atoms with Crippen molar-refractivity contribution in [2.24, 2.45) is 7.05 Å². The molecular weight excluding hydrogens is 266 g/mol. The summed E-state index contributed by atoms with van der Waals surface area (Å²) in [7, 11) is 1.78. The quantitative estimate of drug-likeness (QED) is 0.823. The van der Waals surface area contributed by atoms with Crippen molar-refractivity contribution in [3.63, 3.8) is 0 Å². The minimum Gasteiger partial charge on any atom is -0.384 e. The van der Waals surface area contributed by atoms with Gasteiger partial charge in [-0.2, -0.15) is 5.10 Å². The number of hydrogen-bond acceptors (Lipinski definition) is 3. The van der Waals surface area contributed by atoms with Gasteiger partial charge < -0.3 is 10.4 Å². The zero-order valence-electron chi connectivity index (χ0n) is 12.3. The monoisotopic (exact) mass is 283 g/mol. The van der Waals surface area contributed by atoms with E-state index >= 15 is 0 Å². The number of carbonyl (C=O) groups is 1. The molecule has 1 aromatic heterocycles. The molecule has 5 heteroatoms. The summed E-state index contributed by atoms with van der Waals surface area (Å²) in [5, 5.41) is 15.7. The van der Waals surface area contributed by atoms with Crippen LogP contribution in [0.25, 0.3) is 0 Å². The molecule has 0 aliphatic heterocycles. The lowest BCUT2D eigenvalue weighted by Gasteiger charge is -2.06. The fourth-order valence-corrected chi connectivity index (χ4v) is 1.99. The Kier molecular flexibility index (Phi) is 4.41. The van der Waals surface area contributed by atoms with E-state index in [9.17, 15) is 4.79 Å². The molecule has 0 atom stereocenters. The molecule has 0 spiro atoms. The molecule has 0 aliphatic carbocycles. The van der Waals surface area contributed by atoms with Gasteiger partial charge in [0, 0.05) is 24.5 Å². The van der Waals surface area contributed by atoms with E-state index in [1.165, 1.54) is 0 Å². The minimum absolute atomic E-state index is 0.190. The van der Waals surface area contributed by atoms with E-state index < -0.39 is 0 Å². The molecular formula is C16H17N3O2. The fraction of sp³-hybridized carbons (Fsp3) is 0.250. The molecule has 2 rings (SSSR count). The highest BCUT2D eigenvalue weighted by atomic mass is 16.2. The number of carbonyl (C=O) groups excluding carboxylic acids is 1. The maximum Gasteiger partial charge on any atom is 0.259 e. The maximum atomic E-state index is 12.2. The fourth-order valence-electron chi connectivity index (χ4n) is 1.99. The van der Waals surface area contributed by atoms with Crippen molar-refractivity contribution in [2.45, 2.75) is 13.8 Å². The summed E-state index contributed by atoms with van der Waals surface area (Å²) in [4.78, 5) is 12.2. The topological polar surface area (TPSA) is 67.2 Å². The second-order valence-electron chi connectivity index (χ2n) is 4.75. The first-order chi connectivity index (χ1) is 10.0. The van der Waals surface area contributed by atoms with Gasteiger partial charge in [-0.1, -0.05) is 17.9 Å². The lowest BCUT2D eigenvalue weighted by atomic mass is 10.1. The highest BCUT2D eigenvalue weighted by Crippen LogP contribution is 2.16. The Hall–Kier alpha value is -2.58. The van der Waals surface area contributed by atoms with Gasteiger partial charge in [0.25, 0.3) is 5.91 Å². The largest absolute Gasteiger partial charge is 0.384 e. The van der Waals surface area contributed by atoms with Crippen LogP contribution in [0.2, 0.25) is 0 Å². The molecule has 0 aliphatic rings. The molecule has 0 unspecified atom stereocenters. The zero-order chi connectivity index (χ0) is 15.4. The van der Waals surface area contributed by atoms with Gasteiger partial charge in [-0.3, -0.25) is 9.48 Å².